The maximum Gasteiger partial charge on any atom is 0.408 e. The smallest absolute Gasteiger partial charge is 0.408 e. The van der Waals surface area contributed by atoms with Crippen LogP contribution < -0.4 is 5.32 Å². The van der Waals surface area contributed by atoms with Gasteiger partial charge in [0.25, 0.3) is 5.91 Å². The second kappa shape index (κ2) is 7.38. The zero-order chi connectivity index (χ0) is 20.6. The minimum absolute atomic E-state index is 0.120. The van der Waals surface area contributed by atoms with E-state index in [-0.39, 0.29) is 18.4 Å². The Hall–Kier alpha value is -2.68. The molecule has 8 nitrogen and oxygen atoms in total. The van der Waals surface area contributed by atoms with Crippen LogP contribution in [0.2, 0.25) is 0 Å². The molecule has 0 radical (unpaired) electrons. The quantitative estimate of drug-likeness (QED) is 0.645. The van der Waals surface area contributed by atoms with E-state index in [0.29, 0.717) is 18.4 Å². The lowest BCUT2D eigenvalue weighted by Gasteiger charge is -2.58. The fourth-order valence-electron chi connectivity index (χ4n) is 4.41. The maximum atomic E-state index is 13.0. The van der Waals surface area contributed by atoms with Gasteiger partial charge in [0.2, 0.25) is 5.91 Å². The number of carbonyl (C=O) groups excluding carboxylic acids is 2. The zero-order valence-electron chi connectivity index (χ0n) is 15.8. The van der Waals surface area contributed by atoms with Gasteiger partial charge in [-0.25, -0.2) is 9.18 Å². The van der Waals surface area contributed by atoms with Gasteiger partial charge in [0, 0.05) is 12.6 Å². The van der Waals surface area contributed by atoms with Gasteiger partial charge in [-0.3, -0.25) is 14.5 Å². The number of halogens is 1. The summed E-state index contributed by atoms with van der Waals surface area (Å²) in [6.07, 6.45) is -0.200. The summed E-state index contributed by atoms with van der Waals surface area (Å²) < 4.78 is 13.0. The van der Waals surface area contributed by atoms with Crippen molar-refractivity contribution in [1.82, 2.24) is 15.1 Å². The Morgan fingerprint density at radius 1 is 1.32 bits per heavy atom. The number of carboxylic acid groups (broad SMARTS) is 1. The molecule has 4 atom stereocenters. The van der Waals surface area contributed by atoms with Crippen molar-refractivity contribution in [3.05, 3.63) is 35.6 Å². The molecule has 0 bridgehead atoms. The van der Waals surface area contributed by atoms with Crippen LogP contribution in [0.3, 0.4) is 0 Å². The number of likely N-dealkylation sites (tertiary alicyclic amines) is 2. The highest BCUT2D eigenvalue weighted by atomic mass is 19.1. The topological polar surface area (TPSA) is 110 Å². The molecule has 2 aliphatic heterocycles. The van der Waals surface area contributed by atoms with Crippen LogP contribution in [0.15, 0.2) is 24.3 Å². The minimum atomic E-state index is -1.17. The summed E-state index contributed by atoms with van der Waals surface area (Å²) >= 11 is 0. The summed E-state index contributed by atoms with van der Waals surface area (Å²) in [5.41, 5.74) is -0.497. The van der Waals surface area contributed by atoms with Gasteiger partial charge in [-0.05, 0) is 44.4 Å². The number of benzene rings is 1. The van der Waals surface area contributed by atoms with E-state index in [0.717, 1.165) is 0 Å². The number of nitrogens with one attached hydrogen (secondary N) is 1. The molecule has 1 aromatic carbocycles. The highest BCUT2D eigenvalue weighted by Gasteiger charge is 2.68. The monoisotopic (exact) mass is 393 g/mol. The summed E-state index contributed by atoms with van der Waals surface area (Å²) in [5.74, 6) is -1.39. The summed E-state index contributed by atoms with van der Waals surface area (Å²) in [4.78, 5) is 39.6. The highest BCUT2D eigenvalue weighted by molar-refractivity contribution is 6.00. The van der Waals surface area contributed by atoms with Crippen molar-refractivity contribution in [2.45, 2.75) is 56.9 Å². The first-order chi connectivity index (χ1) is 13.2. The molecule has 2 aliphatic rings. The van der Waals surface area contributed by atoms with Gasteiger partial charge in [0.05, 0.1) is 12.6 Å². The molecule has 9 heteroatoms. The van der Waals surface area contributed by atoms with Crippen LogP contribution in [0.1, 0.15) is 32.3 Å². The van der Waals surface area contributed by atoms with Crippen LogP contribution in [-0.2, 0) is 16.1 Å². The number of carbonyl (C=O) groups is 3. The molecule has 3 rings (SSSR count). The predicted octanol–water partition coefficient (Wildman–Crippen LogP) is 0.935. The Kier molecular flexibility index (Phi) is 5.29. The molecular weight excluding hydrogens is 369 g/mol. The Bertz CT molecular complexity index is 786. The van der Waals surface area contributed by atoms with Crippen molar-refractivity contribution in [1.29, 1.82) is 0 Å². The normalized spacial score (nSPS) is 27.6. The van der Waals surface area contributed by atoms with Gasteiger partial charge in [0.1, 0.15) is 17.4 Å². The number of β-lactam (4-membered cyclic amide) rings is 1. The first-order valence-corrected chi connectivity index (χ1v) is 9.22. The number of aliphatic hydroxyl groups excluding tert-OH is 1. The van der Waals surface area contributed by atoms with Gasteiger partial charge in [-0.1, -0.05) is 12.1 Å². The Balaban J connectivity index is 1.71. The standard InChI is InChI=1S/C19H24FN3O5/c1-11-7-8-19(23(11)18(27)28)12(2)22(17(19)26)15(10-24)16(25)21-9-13-3-5-14(20)6-4-13/h3-6,11-12,15,24H,7-10H2,1-2H3,(H,21,25)(H,27,28). The van der Waals surface area contributed by atoms with Crippen molar-refractivity contribution >= 4 is 17.9 Å². The zero-order valence-corrected chi connectivity index (χ0v) is 15.8. The largest absolute Gasteiger partial charge is 0.465 e. The van der Waals surface area contributed by atoms with E-state index in [2.05, 4.69) is 5.32 Å². The molecule has 3 amide bonds. The molecule has 4 unspecified atom stereocenters. The van der Waals surface area contributed by atoms with Gasteiger partial charge >= 0.3 is 6.09 Å². The predicted molar refractivity (Wildman–Crippen MR) is 96.7 cm³/mol. The van der Waals surface area contributed by atoms with Crippen LogP contribution in [0.5, 0.6) is 0 Å². The van der Waals surface area contributed by atoms with Crippen molar-refractivity contribution in [3.63, 3.8) is 0 Å². The van der Waals surface area contributed by atoms with E-state index < -0.39 is 42.1 Å². The molecule has 0 aromatic heterocycles. The van der Waals surface area contributed by atoms with Crippen molar-refractivity contribution < 1.29 is 29.0 Å². The number of nitrogens with zero attached hydrogens (tertiary/aromatic N) is 2. The SMILES string of the molecule is CC1CCC2(C(=O)N(C(CO)C(=O)NCc3ccc(F)cc3)C2C)N1C(=O)O. The molecule has 1 spiro atoms. The number of hydrogen-bond donors (Lipinski definition) is 3. The maximum absolute atomic E-state index is 13.0. The molecule has 152 valence electrons. The number of hydrogen-bond acceptors (Lipinski definition) is 4. The number of aliphatic hydroxyl groups is 1. The van der Waals surface area contributed by atoms with Crippen molar-refractivity contribution in [3.8, 4) is 0 Å². The molecule has 2 saturated heterocycles. The lowest BCUT2D eigenvalue weighted by molar-refractivity contribution is -0.180. The van der Waals surface area contributed by atoms with Crippen LogP contribution in [-0.4, -0.2) is 68.2 Å². The van der Waals surface area contributed by atoms with E-state index in [1.165, 1.54) is 34.1 Å². The lowest BCUT2D eigenvalue weighted by Crippen LogP contribution is -2.81. The molecule has 3 N–H and O–H groups in total. The van der Waals surface area contributed by atoms with Crippen molar-refractivity contribution in [2.24, 2.45) is 0 Å². The van der Waals surface area contributed by atoms with E-state index >= 15 is 0 Å². The fourth-order valence-corrected chi connectivity index (χ4v) is 4.41. The first kappa shape index (κ1) is 20.1. The fraction of sp³-hybridized carbons (Fsp3) is 0.526. The van der Waals surface area contributed by atoms with Gasteiger partial charge < -0.3 is 20.4 Å². The third kappa shape index (κ3) is 2.99. The van der Waals surface area contributed by atoms with Crippen molar-refractivity contribution in [2.75, 3.05) is 6.61 Å². The average molecular weight is 393 g/mol. The van der Waals surface area contributed by atoms with Crippen LogP contribution in [0, 0.1) is 5.82 Å². The third-order valence-electron chi connectivity index (χ3n) is 5.92. The van der Waals surface area contributed by atoms with E-state index in [1.807, 2.05) is 0 Å². The molecular formula is C19H24FN3O5. The van der Waals surface area contributed by atoms with Crippen LogP contribution in [0.4, 0.5) is 9.18 Å². The number of amides is 3. The van der Waals surface area contributed by atoms with E-state index in [4.69, 9.17) is 0 Å². The van der Waals surface area contributed by atoms with Gasteiger partial charge in [-0.2, -0.15) is 0 Å². The molecule has 0 aliphatic carbocycles. The number of rotatable bonds is 5. The molecule has 2 heterocycles. The second-order valence-electron chi connectivity index (χ2n) is 7.40. The Morgan fingerprint density at radius 3 is 2.50 bits per heavy atom. The first-order valence-electron chi connectivity index (χ1n) is 9.22. The van der Waals surface area contributed by atoms with Crippen LogP contribution >= 0.6 is 0 Å². The van der Waals surface area contributed by atoms with E-state index in [1.54, 1.807) is 13.8 Å². The average Bonchev–Trinajstić information content (AvgIpc) is 3.04. The second-order valence-corrected chi connectivity index (χ2v) is 7.40. The van der Waals surface area contributed by atoms with Gasteiger partial charge in [-0.15, -0.1) is 0 Å². The summed E-state index contributed by atoms with van der Waals surface area (Å²) in [6, 6.07) is 3.68. The molecule has 28 heavy (non-hydrogen) atoms. The third-order valence-corrected chi connectivity index (χ3v) is 5.92. The van der Waals surface area contributed by atoms with Gasteiger partial charge in [0.15, 0.2) is 0 Å². The van der Waals surface area contributed by atoms with Crippen LogP contribution in [0.25, 0.3) is 0 Å². The molecule has 0 saturated carbocycles. The van der Waals surface area contributed by atoms with E-state index in [9.17, 15) is 29.0 Å². The summed E-state index contributed by atoms with van der Waals surface area (Å²) in [5, 5.41) is 21.9. The molecule has 2 fully saturated rings. The Labute approximate surface area is 161 Å². The Morgan fingerprint density at radius 2 is 1.96 bits per heavy atom. The summed E-state index contributed by atoms with van der Waals surface area (Å²) in [7, 11) is 0. The lowest BCUT2D eigenvalue weighted by atomic mass is 9.76. The summed E-state index contributed by atoms with van der Waals surface area (Å²) in [6.45, 7) is 3.00. The molecule has 1 aromatic rings. The minimum Gasteiger partial charge on any atom is -0.465 e. The highest BCUT2D eigenvalue weighted by Crippen LogP contribution is 2.47.